The highest BCUT2D eigenvalue weighted by Crippen LogP contribution is 2.21. The highest BCUT2D eigenvalue weighted by Gasteiger charge is 2.27. The maximum absolute atomic E-state index is 12.5. The van der Waals surface area contributed by atoms with E-state index in [2.05, 4.69) is 10.3 Å². The number of pyridine rings is 1. The number of aromatic nitrogens is 1. The van der Waals surface area contributed by atoms with Crippen LogP contribution >= 0.6 is 0 Å². The molecule has 0 spiro atoms. The topological polar surface area (TPSA) is 91.8 Å². The Morgan fingerprint density at radius 3 is 2.86 bits per heavy atom. The van der Waals surface area contributed by atoms with E-state index in [1.807, 2.05) is 6.92 Å². The molecule has 1 aromatic rings. The Balaban J connectivity index is 2.96. The highest BCUT2D eigenvalue weighted by atomic mass is 32.2. The molecule has 0 fully saturated rings. The lowest BCUT2D eigenvalue weighted by atomic mass is 10.4. The van der Waals surface area contributed by atoms with Crippen molar-refractivity contribution in [1.82, 2.24) is 9.29 Å². The van der Waals surface area contributed by atoms with Crippen molar-refractivity contribution in [3.63, 3.8) is 0 Å². The summed E-state index contributed by atoms with van der Waals surface area (Å²) in [6.07, 6.45) is 1.42. The lowest BCUT2D eigenvalue weighted by Gasteiger charge is -2.21. The van der Waals surface area contributed by atoms with Crippen molar-refractivity contribution in [3.8, 4) is 0 Å². The van der Waals surface area contributed by atoms with E-state index in [1.165, 1.54) is 20.4 Å². The summed E-state index contributed by atoms with van der Waals surface area (Å²) in [6.45, 7) is 2.66. The SMILES string of the molecule is CCCNc1cccnc1S(=O)(=O)N(C)CC(O)COC. The number of sulfonamides is 1. The number of aliphatic hydroxyl groups excluding tert-OH is 1. The minimum atomic E-state index is -3.77. The van der Waals surface area contributed by atoms with Gasteiger partial charge in [-0.2, -0.15) is 4.31 Å². The molecule has 1 unspecified atom stereocenters. The second kappa shape index (κ2) is 8.28. The van der Waals surface area contributed by atoms with Gasteiger partial charge in [0.25, 0.3) is 10.0 Å². The van der Waals surface area contributed by atoms with E-state index in [9.17, 15) is 13.5 Å². The van der Waals surface area contributed by atoms with Crippen molar-refractivity contribution >= 4 is 15.7 Å². The number of nitrogens with zero attached hydrogens (tertiary/aromatic N) is 2. The molecule has 8 heteroatoms. The first-order valence-electron chi connectivity index (χ1n) is 6.75. The number of likely N-dealkylation sites (N-methyl/N-ethyl adjacent to an activating group) is 1. The van der Waals surface area contributed by atoms with Crippen molar-refractivity contribution in [2.45, 2.75) is 24.5 Å². The van der Waals surface area contributed by atoms with E-state index in [4.69, 9.17) is 4.74 Å². The predicted molar refractivity (Wildman–Crippen MR) is 80.7 cm³/mol. The van der Waals surface area contributed by atoms with Gasteiger partial charge in [0.15, 0.2) is 5.03 Å². The molecule has 1 aromatic heterocycles. The zero-order valence-electron chi connectivity index (χ0n) is 12.6. The third kappa shape index (κ3) is 4.92. The lowest BCUT2D eigenvalue weighted by molar-refractivity contribution is 0.0554. The molecule has 0 aliphatic rings. The van der Waals surface area contributed by atoms with Crippen molar-refractivity contribution in [3.05, 3.63) is 18.3 Å². The third-order valence-corrected chi connectivity index (χ3v) is 4.60. The standard InChI is InChI=1S/C13H23N3O4S/c1-4-7-14-12-6-5-8-15-13(12)21(18,19)16(2)9-11(17)10-20-3/h5-6,8,11,14,17H,4,7,9-10H2,1-3H3. The van der Waals surface area contributed by atoms with Crippen LogP contribution in [0.3, 0.4) is 0 Å². The van der Waals surface area contributed by atoms with E-state index in [-0.39, 0.29) is 18.2 Å². The van der Waals surface area contributed by atoms with Crippen LogP contribution in [0.2, 0.25) is 0 Å². The van der Waals surface area contributed by atoms with Gasteiger partial charge in [-0.15, -0.1) is 0 Å². The van der Waals surface area contributed by atoms with E-state index < -0.39 is 16.1 Å². The Morgan fingerprint density at radius 1 is 1.52 bits per heavy atom. The quantitative estimate of drug-likeness (QED) is 0.690. The summed E-state index contributed by atoms with van der Waals surface area (Å²) in [5.74, 6) is 0. The molecular weight excluding hydrogens is 294 g/mol. The van der Waals surface area contributed by atoms with Gasteiger partial charge < -0.3 is 15.2 Å². The van der Waals surface area contributed by atoms with Crippen LogP contribution in [-0.2, 0) is 14.8 Å². The number of ether oxygens (including phenoxy) is 1. The van der Waals surface area contributed by atoms with Crippen LogP contribution in [-0.4, -0.2) is 62.8 Å². The van der Waals surface area contributed by atoms with Gasteiger partial charge in [-0.3, -0.25) is 0 Å². The molecule has 1 atom stereocenters. The Bertz CT molecular complexity index is 536. The summed E-state index contributed by atoms with van der Waals surface area (Å²) in [4.78, 5) is 3.97. The molecule has 2 N–H and O–H groups in total. The highest BCUT2D eigenvalue weighted by molar-refractivity contribution is 7.89. The molecule has 0 aliphatic heterocycles. The minimum Gasteiger partial charge on any atom is -0.389 e. The Morgan fingerprint density at radius 2 is 2.24 bits per heavy atom. The lowest BCUT2D eigenvalue weighted by Crippen LogP contribution is -2.36. The van der Waals surface area contributed by atoms with Gasteiger partial charge in [-0.1, -0.05) is 6.92 Å². The van der Waals surface area contributed by atoms with Crippen molar-refractivity contribution in [2.24, 2.45) is 0 Å². The van der Waals surface area contributed by atoms with Gasteiger partial charge in [-0.05, 0) is 18.6 Å². The first-order chi connectivity index (χ1) is 9.93. The average molecular weight is 317 g/mol. The van der Waals surface area contributed by atoms with Crippen LogP contribution in [0.25, 0.3) is 0 Å². The van der Waals surface area contributed by atoms with E-state index in [0.29, 0.717) is 12.2 Å². The summed E-state index contributed by atoms with van der Waals surface area (Å²) in [5, 5.41) is 12.7. The van der Waals surface area contributed by atoms with Crippen molar-refractivity contribution < 1.29 is 18.3 Å². The summed E-state index contributed by atoms with van der Waals surface area (Å²) < 4.78 is 30.9. The van der Waals surface area contributed by atoms with Gasteiger partial charge in [0.05, 0.1) is 18.4 Å². The molecule has 0 amide bonds. The second-order valence-corrected chi connectivity index (χ2v) is 6.64. The molecule has 0 aliphatic carbocycles. The molecule has 0 radical (unpaired) electrons. The van der Waals surface area contributed by atoms with Crippen molar-refractivity contribution in [2.75, 3.05) is 39.2 Å². The van der Waals surface area contributed by atoms with Gasteiger partial charge in [0, 0.05) is 33.4 Å². The molecule has 1 heterocycles. The average Bonchev–Trinajstić information content (AvgIpc) is 2.45. The Hall–Kier alpha value is -1.22. The van der Waals surface area contributed by atoms with E-state index in [1.54, 1.807) is 12.1 Å². The normalized spacial score (nSPS) is 13.4. The summed E-state index contributed by atoms with van der Waals surface area (Å²) in [7, 11) is -0.912. The number of aliphatic hydroxyl groups is 1. The fourth-order valence-corrected chi connectivity index (χ4v) is 3.05. The van der Waals surface area contributed by atoms with Gasteiger partial charge in [-0.25, -0.2) is 13.4 Å². The van der Waals surface area contributed by atoms with Gasteiger partial charge in [0.1, 0.15) is 0 Å². The summed E-state index contributed by atoms with van der Waals surface area (Å²) in [6, 6.07) is 3.35. The fraction of sp³-hybridized carbons (Fsp3) is 0.615. The smallest absolute Gasteiger partial charge is 0.262 e. The third-order valence-electron chi connectivity index (χ3n) is 2.82. The van der Waals surface area contributed by atoms with Crippen LogP contribution in [0.1, 0.15) is 13.3 Å². The van der Waals surface area contributed by atoms with E-state index in [0.717, 1.165) is 10.7 Å². The summed E-state index contributed by atoms with van der Waals surface area (Å²) >= 11 is 0. The maximum atomic E-state index is 12.5. The molecule has 0 bridgehead atoms. The molecule has 0 aromatic carbocycles. The number of hydrogen-bond acceptors (Lipinski definition) is 6. The zero-order chi connectivity index (χ0) is 15.9. The molecule has 120 valence electrons. The zero-order valence-corrected chi connectivity index (χ0v) is 13.4. The number of nitrogens with one attached hydrogen (secondary N) is 1. The monoisotopic (exact) mass is 317 g/mol. The number of hydrogen-bond donors (Lipinski definition) is 2. The van der Waals surface area contributed by atoms with Gasteiger partial charge >= 0.3 is 0 Å². The van der Waals surface area contributed by atoms with Crippen LogP contribution in [0.5, 0.6) is 0 Å². The molecule has 0 saturated carbocycles. The number of methoxy groups -OCH3 is 1. The fourth-order valence-electron chi connectivity index (χ4n) is 1.78. The minimum absolute atomic E-state index is 0.0365. The van der Waals surface area contributed by atoms with Gasteiger partial charge in [0.2, 0.25) is 0 Å². The van der Waals surface area contributed by atoms with Crippen LogP contribution in [0.15, 0.2) is 23.4 Å². The number of rotatable bonds is 9. The Kier molecular flexibility index (Phi) is 7.03. The van der Waals surface area contributed by atoms with Crippen LogP contribution in [0, 0.1) is 0 Å². The molecule has 21 heavy (non-hydrogen) atoms. The first kappa shape index (κ1) is 17.8. The van der Waals surface area contributed by atoms with Crippen LogP contribution < -0.4 is 5.32 Å². The van der Waals surface area contributed by atoms with E-state index >= 15 is 0 Å². The second-order valence-electron chi connectivity index (χ2n) is 4.68. The predicted octanol–water partition coefficient (Wildman–Crippen LogP) is 0.531. The molecule has 1 rings (SSSR count). The molecular formula is C13H23N3O4S. The summed E-state index contributed by atoms with van der Waals surface area (Å²) in [5.41, 5.74) is 0.465. The number of anilines is 1. The molecule has 7 nitrogen and oxygen atoms in total. The maximum Gasteiger partial charge on any atom is 0.262 e. The van der Waals surface area contributed by atoms with Crippen LogP contribution in [0.4, 0.5) is 5.69 Å². The van der Waals surface area contributed by atoms with Crippen molar-refractivity contribution in [1.29, 1.82) is 0 Å². The first-order valence-corrected chi connectivity index (χ1v) is 8.19. The Labute approximate surface area is 126 Å². The largest absolute Gasteiger partial charge is 0.389 e. The molecule has 0 saturated heterocycles.